The molecule has 0 spiro atoms. The lowest BCUT2D eigenvalue weighted by Crippen LogP contribution is -2.27. The van der Waals surface area contributed by atoms with Crippen molar-refractivity contribution in [1.29, 1.82) is 0 Å². The molecule has 0 aliphatic carbocycles. The number of rotatable bonds is 9. The summed E-state index contributed by atoms with van der Waals surface area (Å²) in [6.07, 6.45) is 0. The van der Waals surface area contributed by atoms with E-state index in [-0.39, 0.29) is 5.91 Å². The van der Waals surface area contributed by atoms with E-state index in [1.165, 1.54) is 0 Å². The Balaban J connectivity index is 1.63. The standard InChI is InChI=1S/C25H26Cl2N2O2/c1-17(2)14-29-25(30)18-7-5-8-22(12-18)28-15-19-6-3-4-9-24(19)31-16-20-10-11-21(26)13-23(20)27/h3-13,17,28H,14-16H2,1-2H3,(H,29,30). The van der Waals surface area contributed by atoms with Gasteiger partial charge in [0.05, 0.1) is 0 Å². The van der Waals surface area contributed by atoms with E-state index >= 15 is 0 Å². The van der Waals surface area contributed by atoms with Crippen molar-refractivity contribution >= 4 is 34.8 Å². The van der Waals surface area contributed by atoms with Crippen LogP contribution in [0.25, 0.3) is 0 Å². The third kappa shape index (κ3) is 6.91. The van der Waals surface area contributed by atoms with Gasteiger partial charge in [-0.15, -0.1) is 0 Å². The summed E-state index contributed by atoms with van der Waals surface area (Å²) in [4.78, 5) is 12.3. The van der Waals surface area contributed by atoms with Crippen LogP contribution >= 0.6 is 23.2 Å². The molecule has 0 fully saturated rings. The maximum Gasteiger partial charge on any atom is 0.251 e. The molecule has 0 aromatic heterocycles. The van der Waals surface area contributed by atoms with E-state index in [0.29, 0.717) is 41.2 Å². The fraction of sp³-hybridized carbons (Fsp3) is 0.240. The summed E-state index contributed by atoms with van der Waals surface area (Å²) in [6, 6.07) is 20.7. The molecule has 4 nitrogen and oxygen atoms in total. The third-order valence-corrected chi connectivity index (χ3v) is 5.24. The average Bonchev–Trinajstić information content (AvgIpc) is 2.76. The molecule has 0 bridgehead atoms. The second-order valence-corrected chi connectivity index (χ2v) is 8.51. The lowest BCUT2D eigenvalue weighted by Gasteiger charge is -2.14. The first-order valence-electron chi connectivity index (χ1n) is 10.2. The summed E-state index contributed by atoms with van der Waals surface area (Å²) in [7, 11) is 0. The van der Waals surface area contributed by atoms with Gasteiger partial charge in [0.2, 0.25) is 0 Å². The summed E-state index contributed by atoms with van der Waals surface area (Å²) in [5, 5.41) is 7.49. The van der Waals surface area contributed by atoms with Gasteiger partial charge in [-0.1, -0.05) is 67.4 Å². The molecule has 0 aliphatic heterocycles. The molecule has 2 N–H and O–H groups in total. The Hall–Kier alpha value is -2.69. The van der Waals surface area contributed by atoms with Gasteiger partial charge in [-0.25, -0.2) is 0 Å². The Morgan fingerprint density at radius 1 is 0.968 bits per heavy atom. The number of benzene rings is 3. The van der Waals surface area contributed by atoms with E-state index in [4.69, 9.17) is 27.9 Å². The summed E-state index contributed by atoms with van der Waals surface area (Å²) in [5.41, 5.74) is 3.37. The van der Waals surface area contributed by atoms with E-state index in [2.05, 4.69) is 24.5 Å². The highest BCUT2D eigenvalue weighted by atomic mass is 35.5. The predicted octanol–water partition coefficient (Wildman–Crippen LogP) is 6.57. The zero-order valence-electron chi connectivity index (χ0n) is 17.6. The summed E-state index contributed by atoms with van der Waals surface area (Å²) >= 11 is 12.2. The number of hydrogen-bond acceptors (Lipinski definition) is 3. The monoisotopic (exact) mass is 456 g/mol. The SMILES string of the molecule is CC(C)CNC(=O)c1cccc(NCc2ccccc2OCc2ccc(Cl)cc2Cl)c1. The largest absolute Gasteiger partial charge is 0.488 e. The maximum atomic E-state index is 12.3. The lowest BCUT2D eigenvalue weighted by molar-refractivity contribution is 0.0949. The molecule has 0 saturated heterocycles. The molecular formula is C25H26Cl2N2O2. The molecule has 0 atom stereocenters. The zero-order chi connectivity index (χ0) is 22.2. The van der Waals surface area contributed by atoms with E-state index in [9.17, 15) is 4.79 Å². The van der Waals surface area contributed by atoms with Crippen LogP contribution in [0.5, 0.6) is 5.75 Å². The topological polar surface area (TPSA) is 50.4 Å². The Morgan fingerprint density at radius 2 is 1.77 bits per heavy atom. The van der Waals surface area contributed by atoms with Crippen molar-refractivity contribution in [2.75, 3.05) is 11.9 Å². The molecule has 0 heterocycles. The second-order valence-electron chi connectivity index (χ2n) is 7.67. The Morgan fingerprint density at radius 3 is 2.55 bits per heavy atom. The molecule has 162 valence electrons. The van der Waals surface area contributed by atoms with Crippen molar-refractivity contribution in [2.24, 2.45) is 5.92 Å². The zero-order valence-corrected chi connectivity index (χ0v) is 19.1. The number of para-hydroxylation sites is 1. The fourth-order valence-corrected chi connectivity index (χ4v) is 3.41. The summed E-state index contributed by atoms with van der Waals surface area (Å²) < 4.78 is 6.02. The number of halogens is 2. The van der Waals surface area contributed by atoms with E-state index in [1.807, 2.05) is 54.6 Å². The number of hydrogen-bond donors (Lipinski definition) is 2. The molecule has 1 amide bonds. The molecule has 0 aliphatic rings. The summed E-state index contributed by atoms with van der Waals surface area (Å²) in [5.74, 6) is 1.11. The van der Waals surface area contributed by atoms with Crippen molar-refractivity contribution < 1.29 is 9.53 Å². The first-order chi connectivity index (χ1) is 14.9. The molecule has 3 rings (SSSR count). The summed E-state index contributed by atoms with van der Waals surface area (Å²) in [6.45, 7) is 5.69. The van der Waals surface area contributed by atoms with Crippen molar-refractivity contribution in [3.05, 3.63) is 93.5 Å². The number of ether oxygens (including phenoxy) is 1. The van der Waals surface area contributed by atoms with Gasteiger partial charge in [-0.3, -0.25) is 4.79 Å². The molecule has 0 unspecified atom stereocenters. The number of carbonyl (C=O) groups is 1. The number of amides is 1. The maximum absolute atomic E-state index is 12.3. The normalized spacial score (nSPS) is 10.7. The molecule has 3 aromatic rings. The molecule has 3 aromatic carbocycles. The third-order valence-electron chi connectivity index (χ3n) is 4.65. The van der Waals surface area contributed by atoms with Crippen LogP contribution in [0, 0.1) is 5.92 Å². The first-order valence-corrected chi connectivity index (χ1v) is 10.9. The first kappa shape index (κ1) is 23.0. The minimum Gasteiger partial charge on any atom is -0.488 e. The van der Waals surface area contributed by atoms with Crippen molar-refractivity contribution in [3.8, 4) is 5.75 Å². The van der Waals surface area contributed by atoms with Crippen LogP contribution in [-0.4, -0.2) is 12.5 Å². The minimum absolute atomic E-state index is 0.0686. The van der Waals surface area contributed by atoms with E-state index in [0.717, 1.165) is 22.6 Å². The average molecular weight is 457 g/mol. The molecule has 0 radical (unpaired) electrons. The molecular weight excluding hydrogens is 431 g/mol. The molecule has 6 heteroatoms. The minimum atomic E-state index is -0.0686. The van der Waals surface area contributed by atoms with Crippen LogP contribution in [0.3, 0.4) is 0 Å². The van der Waals surface area contributed by atoms with Crippen molar-refractivity contribution in [3.63, 3.8) is 0 Å². The van der Waals surface area contributed by atoms with Crippen LogP contribution in [0.15, 0.2) is 66.7 Å². The van der Waals surface area contributed by atoms with Gasteiger partial charge in [-0.05, 0) is 42.3 Å². The molecule has 31 heavy (non-hydrogen) atoms. The quantitative estimate of drug-likeness (QED) is 0.382. The lowest BCUT2D eigenvalue weighted by atomic mass is 10.1. The highest BCUT2D eigenvalue weighted by molar-refractivity contribution is 6.35. The van der Waals surface area contributed by atoms with Gasteiger partial charge in [0.1, 0.15) is 12.4 Å². The number of carbonyl (C=O) groups excluding carboxylic acids is 1. The van der Waals surface area contributed by atoms with Crippen molar-refractivity contribution in [2.45, 2.75) is 27.0 Å². The van der Waals surface area contributed by atoms with Gasteiger partial charge in [0.25, 0.3) is 5.91 Å². The smallest absolute Gasteiger partial charge is 0.251 e. The van der Waals surface area contributed by atoms with E-state index in [1.54, 1.807) is 12.1 Å². The fourth-order valence-electron chi connectivity index (χ4n) is 2.95. The van der Waals surface area contributed by atoms with Crippen LogP contribution in [0.2, 0.25) is 10.0 Å². The van der Waals surface area contributed by atoms with Gasteiger partial charge in [0, 0.05) is 45.5 Å². The highest BCUT2D eigenvalue weighted by Gasteiger charge is 2.09. The second kappa shape index (κ2) is 11.1. The number of nitrogens with one attached hydrogen (secondary N) is 2. The van der Waals surface area contributed by atoms with Crippen LogP contribution in [0.1, 0.15) is 35.3 Å². The Kier molecular flexibility index (Phi) is 8.21. The van der Waals surface area contributed by atoms with Crippen LogP contribution in [0.4, 0.5) is 5.69 Å². The Labute approximate surface area is 193 Å². The van der Waals surface area contributed by atoms with Gasteiger partial charge in [0.15, 0.2) is 0 Å². The van der Waals surface area contributed by atoms with Gasteiger partial charge >= 0.3 is 0 Å². The van der Waals surface area contributed by atoms with Crippen molar-refractivity contribution in [1.82, 2.24) is 5.32 Å². The van der Waals surface area contributed by atoms with Crippen LogP contribution < -0.4 is 15.4 Å². The predicted molar refractivity (Wildman–Crippen MR) is 128 cm³/mol. The number of anilines is 1. The molecule has 0 saturated carbocycles. The van der Waals surface area contributed by atoms with Gasteiger partial charge in [-0.2, -0.15) is 0 Å². The van der Waals surface area contributed by atoms with Gasteiger partial charge < -0.3 is 15.4 Å². The Bertz CT molecular complexity index is 1040. The van der Waals surface area contributed by atoms with E-state index < -0.39 is 0 Å². The highest BCUT2D eigenvalue weighted by Crippen LogP contribution is 2.25. The van der Waals surface area contributed by atoms with Crippen LogP contribution in [-0.2, 0) is 13.2 Å².